The number of hydrogen-bond acceptors (Lipinski definition) is 5. The number of amidine groups is 1. The summed E-state index contributed by atoms with van der Waals surface area (Å²) in [5, 5.41) is 19.8. The monoisotopic (exact) mass is 269 g/mol. The minimum atomic E-state index is -0.391. The molecule has 20 heavy (non-hydrogen) atoms. The fraction of sp³-hybridized carbons (Fsp3) is 0.286. The zero-order valence-corrected chi connectivity index (χ0v) is 10.9. The van der Waals surface area contributed by atoms with Gasteiger partial charge >= 0.3 is 0 Å². The average molecular weight is 269 g/mol. The smallest absolute Gasteiger partial charge is 0.201 e. The van der Waals surface area contributed by atoms with Crippen molar-refractivity contribution in [2.45, 2.75) is 25.7 Å². The van der Waals surface area contributed by atoms with Gasteiger partial charge in [0.05, 0.1) is 5.69 Å². The number of benzene rings is 1. The lowest BCUT2D eigenvalue weighted by molar-refractivity contribution is 0.0982. The third-order valence-corrected chi connectivity index (χ3v) is 3.21. The Morgan fingerprint density at radius 3 is 2.85 bits per heavy atom. The minimum Gasteiger partial charge on any atom is -0.382 e. The Labute approximate surface area is 116 Å². The van der Waals surface area contributed by atoms with Crippen LogP contribution in [-0.4, -0.2) is 17.3 Å². The van der Waals surface area contributed by atoms with Crippen molar-refractivity contribution < 1.29 is 4.79 Å². The van der Waals surface area contributed by atoms with Crippen molar-refractivity contribution in [2.75, 3.05) is 5.43 Å². The van der Waals surface area contributed by atoms with Gasteiger partial charge in [-0.05, 0) is 30.9 Å². The highest BCUT2D eigenvalue weighted by atomic mass is 16.1. The summed E-state index contributed by atoms with van der Waals surface area (Å²) in [4.78, 5) is 12.0. The van der Waals surface area contributed by atoms with E-state index in [0.29, 0.717) is 17.7 Å². The zero-order valence-electron chi connectivity index (χ0n) is 10.9. The molecule has 0 radical (unpaired) electrons. The van der Waals surface area contributed by atoms with Crippen LogP contribution in [0.5, 0.6) is 0 Å². The van der Waals surface area contributed by atoms with Crippen LogP contribution in [0.4, 0.5) is 5.69 Å². The largest absolute Gasteiger partial charge is 0.382 e. The molecule has 0 atom stereocenters. The van der Waals surface area contributed by atoms with Gasteiger partial charge in [-0.3, -0.25) is 15.6 Å². The average Bonchev–Trinajstić information content (AvgIpc) is 2.62. The molecule has 6 heteroatoms. The lowest BCUT2D eigenvalue weighted by Crippen LogP contribution is -2.22. The van der Waals surface area contributed by atoms with E-state index >= 15 is 0 Å². The lowest BCUT2D eigenvalue weighted by atomic mass is 10.0. The van der Waals surface area contributed by atoms with E-state index in [1.54, 1.807) is 18.2 Å². The molecule has 1 aromatic rings. The number of Topliss-reactive ketones (excluding diaryl/α,β-unsaturated/α-hetero) is 1. The standard InChI is InChI=1S/C14H15N5O/c15-8-12(14(16)17)19-18-11-6-3-5-10-9(11)4-1-2-7-13(10)20/h3,5-6,18H,1-2,4,7H2,(H3,16,17)/b19-12+. The number of nitrogens with two attached hydrogens (primary N) is 1. The lowest BCUT2D eigenvalue weighted by Gasteiger charge is -2.11. The van der Waals surface area contributed by atoms with E-state index in [0.717, 1.165) is 24.8 Å². The van der Waals surface area contributed by atoms with Crippen LogP contribution < -0.4 is 11.2 Å². The Kier molecular flexibility index (Phi) is 4.11. The highest BCUT2D eigenvalue weighted by molar-refractivity contribution is 6.45. The number of nitriles is 1. The Morgan fingerprint density at radius 1 is 1.40 bits per heavy atom. The fourth-order valence-corrected chi connectivity index (χ4v) is 2.21. The molecule has 102 valence electrons. The second-order valence-electron chi connectivity index (χ2n) is 4.56. The molecule has 1 aliphatic carbocycles. The number of hydrogen-bond donors (Lipinski definition) is 3. The molecular weight excluding hydrogens is 254 g/mol. The maximum Gasteiger partial charge on any atom is 0.201 e. The minimum absolute atomic E-state index is 0.136. The van der Waals surface area contributed by atoms with E-state index in [4.69, 9.17) is 16.4 Å². The van der Waals surface area contributed by atoms with Crippen molar-refractivity contribution in [3.63, 3.8) is 0 Å². The predicted molar refractivity (Wildman–Crippen MR) is 76.9 cm³/mol. The van der Waals surface area contributed by atoms with Gasteiger partial charge in [0.25, 0.3) is 0 Å². The number of anilines is 1. The van der Waals surface area contributed by atoms with Gasteiger partial charge in [-0.2, -0.15) is 10.4 Å². The Bertz CT molecular complexity index is 627. The molecule has 6 nitrogen and oxygen atoms in total. The Morgan fingerprint density at radius 2 is 2.15 bits per heavy atom. The maximum atomic E-state index is 12.0. The van der Waals surface area contributed by atoms with Gasteiger partial charge in [0, 0.05) is 12.0 Å². The van der Waals surface area contributed by atoms with E-state index in [2.05, 4.69) is 10.5 Å². The van der Waals surface area contributed by atoms with Gasteiger partial charge in [0.15, 0.2) is 11.6 Å². The number of carbonyl (C=O) groups excluding carboxylic acids is 1. The molecule has 0 spiro atoms. The fourth-order valence-electron chi connectivity index (χ4n) is 2.21. The van der Waals surface area contributed by atoms with Gasteiger partial charge in [0.1, 0.15) is 6.07 Å². The van der Waals surface area contributed by atoms with Gasteiger partial charge in [0.2, 0.25) is 5.71 Å². The number of fused-ring (bicyclic) bond motifs is 1. The van der Waals surface area contributed by atoms with Crippen LogP contribution >= 0.6 is 0 Å². The van der Waals surface area contributed by atoms with Crippen molar-refractivity contribution >= 4 is 23.0 Å². The van der Waals surface area contributed by atoms with E-state index in [1.165, 1.54) is 0 Å². The normalized spacial score (nSPS) is 14.9. The maximum absolute atomic E-state index is 12.0. The summed E-state index contributed by atoms with van der Waals surface area (Å²) in [6.45, 7) is 0. The number of ketones is 1. The van der Waals surface area contributed by atoms with Crippen molar-refractivity contribution in [3.8, 4) is 6.07 Å². The van der Waals surface area contributed by atoms with Crippen LogP contribution in [0.2, 0.25) is 0 Å². The van der Waals surface area contributed by atoms with E-state index in [1.807, 2.05) is 6.07 Å². The summed E-state index contributed by atoms with van der Waals surface area (Å²) in [7, 11) is 0. The molecule has 0 fully saturated rings. The summed E-state index contributed by atoms with van der Waals surface area (Å²) < 4.78 is 0. The Hall–Kier alpha value is -2.68. The van der Waals surface area contributed by atoms with Crippen molar-refractivity contribution in [1.82, 2.24) is 0 Å². The first-order chi connectivity index (χ1) is 9.63. The third-order valence-electron chi connectivity index (χ3n) is 3.21. The summed E-state index contributed by atoms with van der Waals surface area (Å²) in [6.07, 6.45) is 3.18. The van der Waals surface area contributed by atoms with Crippen molar-refractivity contribution in [1.29, 1.82) is 10.7 Å². The number of nitrogens with zero attached hydrogens (tertiary/aromatic N) is 2. The van der Waals surface area contributed by atoms with Gasteiger partial charge < -0.3 is 5.73 Å². The molecule has 0 unspecified atom stereocenters. The number of nitrogens with one attached hydrogen (secondary N) is 2. The summed E-state index contributed by atoms with van der Waals surface area (Å²) in [5.41, 5.74) is 10.1. The van der Waals surface area contributed by atoms with Crippen LogP contribution in [-0.2, 0) is 6.42 Å². The SMILES string of the molecule is N#C/C(=N\Nc1cccc2c1CCCCC2=O)C(=N)N. The predicted octanol–water partition coefficient (Wildman–Crippen LogP) is 1.82. The van der Waals surface area contributed by atoms with E-state index in [-0.39, 0.29) is 11.5 Å². The molecule has 0 saturated carbocycles. The molecule has 1 aromatic carbocycles. The second kappa shape index (κ2) is 5.97. The van der Waals surface area contributed by atoms with E-state index < -0.39 is 5.84 Å². The van der Waals surface area contributed by atoms with E-state index in [9.17, 15) is 4.79 Å². The molecule has 2 rings (SSSR count). The molecular formula is C14H15N5O. The van der Waals surface area contributed by atoms with Crippen LogP contribution in [0.1, 0.15) is 35.2 Å². The molecule has 0 amide bonds. The quantitative estimate of drug-likeness (QED) is 0.336. The zero-order chi connectivity index (χ0) is 14.5. The summed E-state index contributed by atoms with van der Waals surface area (Å²) in [6, 6.07) is 7.14. The molecule has 4 N–H and O–H groups in total. The van der Waals surface area contributed by atoms with Crippen molar-refractivity contribution in [2.24, 2.45) is 10.8 Å². The molecule has 0 bridgehead atoms. The van der Waals surface area contributed by atoms with Gasteiger partial charge in [-0.25, -0.2) is 0 Å². The molecule has 0 heterocycles. The van der Waals surface area contributed by atoms with Crippen LogP contribution in [0.15, 0.2) is 23.3 Å². The van der Waals surface area contributed by atoms with Crippen LogP contribution in [0.3, 0.4) is 0 Å². The second-order valence-corrected chi connectivity index (χ2v) is 4.56. The topological polar surface area (TPSA) is 115 Å². The van der Waals surface area contributed by atoms with Crippen molar-refractivity contribution in [3.05, 3.63) is 29.3 Å². The first kappa shape index (κ1) is 13.7. The van der Waals surface area contributed by atoms with Crippen LogP contribution in [0, 0.1) is 16.7 Å². The first-order valence-electron chi connectivity index (χ1n) is 6.36. The highest BCUT2D eigenvalue weighted by Crippen LogP contribution is 2.27. The number of carbonyl (C=O) groups is 1. The molecule has 0 saturated heterocycles. The number of rotatable bonds is 3. The number of hydrazone groups is 1. The summed E-state index contributed by atoms with van der Waals surface area (Å²) >= 11 is 0. The van der Waals surface area contributed by atoms with Gasteiger partial charge in [-0.1, -0.05) is 12.1 Å². The first-order valence-corrected chi connectivity index (χ1v) is 6.36. The van der Waals surface area contributed by atoms with Crippen LogP contribution in [0.25, 0.3) is 0 Å². The molecule has 1 aliphatic rings. The Balaban J connectivity index is 2.35. The molecule has 0 aromatic heterocycles. The highest BCUT2D eigenvalue weighted by Gasteiger charge is 2.17. The van der Waals surface area contributed by atoms with Gasteiger partial charge in [-0.15, -0.1) is 0 Å². The summed E-state index contributed by atoms with van der Waals surface area (Å²) in [5.74, 6) is -0.254. The third kappa shape index (κ3) is 2.83. The molecule has 0 aliphatic heterocycles.